The van der Waals surface area contributed by atoms with Gasteiger partial charge in [-0.25, -0.2) is 4.98 Å². The number of nitrogens with zero attached hydrogens (tertiary/aromatic N) is 2. The molecule has 2 N–H and O–H groups in total. The van der Waals surface area contributed by atoms with Gasteiger partial charge in [-0.3, -0.25) is 9.89 Å². The highest BCUT2D eigenvalue weighted by molar-refractivity contribution is 8.00. The fourth-order valence-electron chi connectivity index (χ4n) is 2.18. The Balaban J connectivity index is 1.42. The summed E-state index contributed by atoms with van der Waals surface area (Å²) in [5.41, 5.74) is 1.23. The summed E-state index contributed by atoms with van der Waals surface area (Å²) in [6.45, 7) is 2.53. The van der Waals surface area contributed by atoms with Crippen molar-refractivity contribution in [2.75, 3.05) is 6.54 Å². The molecule has 1 fully saturated rings. The smallest absolute Gasteiger partial charge is 0.233 e. The van der Waals surface area contributed by atoms with Crippen LogP contribution in [0.15, 0.2) is 35.5 Å². The van der Waals surface area contributed by atoms with Gasteiger partial charge in [-0.2, -0.15) is 0 Å². The molecular weight excluding hydrogens is 296 g/mol. The molecular formula is C16H20N4OS. The molecule has 6 heteroatoms. The molecule has 1 amide bonds. The Morgan fingerprint density at radius 2 is 2.18 bits per heavy atom. The number of thioether (sulfide) groups is 1. The third kappa shape index (κ3) is 4.10. The highest BCUT2D eigenvalue weighted by atomic mass is 32.2. The van der Waals surface area contributed by atoms with Gasteiger partial charge in [0.25, 0.3) is 0 Å². The highest BCUT2D eigenvalue weighted by Crippen LogP contribution is 2.38. The number of benzene rings is 1. The first-order chi connectivity index (χ1) is 10.7. The summed E-state index contributed by atoms with van der Waals surface area (Å²) in [5.74, 6) is 1.54. The van der Waals surface area contributed by atoms with Crippen molar-refractivity contribution in [2.45, 2.75) is 42.5 Å². The first-order valence-corrected chi connectivity index (χ1v) is 8.51. The lowest BCUT2D eigenvalue weighted by Gasteiger charge is -2.10. The van der Waals surface area contributed by atoms with Crippen LogP contribution in [0.3, 0.4) is 0 Å². The SMILES string of the molecule is CC(Sc1n[nH]c(C2CC2)n1)C(=O)NCCc1ccccc1. The largest absolute Gasteiger partial charge is 0.355 e. The number of hydrogen-bond donors (Lipinski definition) is 2. The Bertz CT molecular complexity index is 624. The van der Waals surface area contributed by atoms with Crippen molar-refractivity contribution in [1.82, 2.24) is 20.5 Å². The Labute approximate surface area is 134 Å². The maximum absolute atomic E-state index is 12.1. The molecule has 1 heterocycles. The average Bonchev–Trinajstić information content (AvgIpc) is 3.28. The Hall–Kier alpha value is -1.82. The zero-order valence-corrected chi connectivity index (χ0v) is 13.4. The van der Waals surface area contributed by atoms with E-state index >= 15 is 0 Å². The monoisotopic (exact) mass is 316 g/mol. The van der Waals surface area contributed by atoms with E-state index < -0.39 is 0 Å². The van der Waals surface area contributed by atoms with E-state index in [-0.39, 0.29) is 11.2 Å². The van der Waals surface area contributed by atoms with Crippen molar-refractivity contribution < 1.29 is 4.79 Å². The van der Waals surface area contributed by atoms with Crippen LogP contribution in [0.4, 0.5) is 0 Å². The van der Waals surface area contributed by atoms with Gasteiger partial charge in [0.05, 0.1) is 5.25 Å². The van der Waals surface area contributed by atoms with Gasteiger partial charge in [-0.1, -0.05) is 42.1 Å². The standard InChI is InChI=1S/C16H20N4OS/c1-11(22-16-18-14(19-20-16)13-7-8-13)15(21)17-10-9-12-5-3-2-4-6-12/h2-6,11,13H,7-10H2,1H3,(H,17,21)(H,18,19,20). The number of H-pyrrole nitrogens is 1. The third-order valence-corrected chi connectivity index (χ3v) is 4.61. The number of nitrogens with one attached hydrogen (secondary N) is 2. The van der Waals surface area contributed by atoms with E-state index in [0.29, 0.717) is 17.6 Å². The zero-order chi connectivity index (χ0) is 15.4. The molecule has 1 aliphatic rings. The summed E-state index contributed by atoms with van der Waals surface area (Å²) in [7, 11) is 0. The van der Waals surface area contributed by atoms with Crippen LogP contribution in [-0.2, 0) is 11.2 Å². The lowest BCUT2D eigenvalue weighted by atomic mass is 10.1. The maximum atomic E-state index is 12.1. The summed E-state index contributed by atoms with van der Waals surface area (Å²) in [5, 5.41) is 10.6. The van der Waals surface area contributed by atoms with Crippen molar-refractivity contribution in [3.8, 4) is 0 Å². The van der Waals surface area contributed by atoms with Crippen LogP contribution in [0.1, 0.15) is 37.1 Å². The molecule has 22 heavy (non-hydrogen) atoms. The van der Waals surface area contributed by atoms with Crippen LogP contribution in [0.25, 0.3) is 0 Å². The minimum absolute atomic E-state index is 0.0266. The van der Waals surface area contributed by atoms with Crippen LogP contribution < -0.4 is 5.32 Å². The van der Waals surface area contributed by atoms with Gasteiger partial charge in [0.1, 0.15) is 5.82 Å². The number of carbonyl (C=O) groups is 1. The highest BCUT2D eigenvalue weighted by Gasteiger charge is 2.27. The van der Waals surface area contributed by atoms with Gasteiger partial charge in [0.2, 0.25) is 11.1 Å². The molecule has 0 aliphatic heterocycles. The van der Waals surface area contributed by atoms with E-state index in [4.69, 9.17) is 0 Å². The van der Waals surface area contributed by atoms with Crippen LogP contribution >= 0.6 is 11.8 Å². The molecule has 0 saturated heterocycles. The Morgan fingerprint density at radius 3 is 2.91 bits per heavy atom. The molecule has 1 aromatic heterocycles. The molecule has 2 aromatic rings. The van der Waals surface area contributed by atoms with E-state index in [1.54, 1.807) is 0 Å². The van der Waals surface area contributed by atoms with E-state index in [1.807, 2.05) is 25.1 Å². The minimum Gasteiger partial charge on any atom is -0.355 e. The Morgan fingerprint density at radius 1 is 1.41 bits per heavy atom. The normalized spacial score (nSPS) is 15.5. The van der Waals surface area contributed by atoms with Gasteiger partial charge in [0, 0.05) is 12.5 Å². The zero-order valence-electron chi connectivity index (χ0n) is 12.6. The number of rotatable bonds is 7. The summed E-state index contributed by atoms with van der Waals surface area (Å²) in [4.78, 5) is 16.5. The first-order valence-electron chi connectivity index (χ1n) is 7.63. The van der Waals surface area contributed by atoms with Crippen LogP contribution in [0, 0.1) is 0 Å². The van der Waals surface area contributed by atoms with Crippen LogP contribution in [-0.4, -0.2) is 32.9 Å². The van der Waals surface area contributed by atoms with Crippen molar-refractivity contribution in [3.63, 3.8) is 0 Å². The van der Waals surface area contributed by atoms with E-state index in [0.717, 1.165) is 12.2 Å². The van der Waals surface area contributed by atoms with Gasteiger partial charge < -0.3 is 5.32 Å². The number of aromatic nitrogens is 3. The summed E-state index contributed by atoms with van der Waals surface area (Å²) < 4.78 is 0. The van der Waals surface area contributed by atoms with Gasteiger partial charge >= 0.3 is 0 Å². The second-order valence-corrected chi connectivity index (χ2v) is 6.87. The quantitative estimate of drug-likeness (QED) is 0.770. The van der Waals surface area contributed by atoms with E-state index in [2.05, 4.69) is 32.6 Å². The van der Waals surface area contributed by atoms with Crippen LogP contribution in [0.2, 0.25) is 0 Å². The fourth-order valence-corrected chi connectivity index (χ4v) is 2.94. The predicted molar refractivity (Wildman–Crippen MR) is 86.8 cm³/mol. The first kappa shape index (κ1) is 15.1. The number of aromatic amines is 1. The lowest BCUT2D eigenvalue weighted by Crippen LogP contribution is -2.32. The van der Waals surface area contributed by atoms with Crippen molar-refractivity contribution in [1.29, 1.82) is 0 Å². The number of amides is 1. The van der Waals surface area contributed by atoms with Crippen molar-refractivity contribution in [2.24, 2.45) is 0 Å². The number of carbonyl (C=O) groups excluding carboxylic acids is 1. The summed E-state index contributed by atoms with van der Waals surface area (Å²) in [6, 6.07) is 10.1. The van der Waals surface area contributed by atoms with Gasteiger partial charge in [-0.15, -0.1) is 5.10 Å². The summed E-state index contributed by atoms with van der Waals surface area (Å²) in [6.07, 6.45) is 3.22. The van der Waals surface area contributed by atoms with Crippen LogP contribution in [0.5, 0.6) is 0 Å². The van der Waals surface area contributed by atoms with Crippen molar-refractivity contribution in [3.05, 3.63) is 41.7 Å². The molecule has 1 saturated carbocycles. The topological polar surface area (TPSA) is 70.7 Å². The van der Waals surface area contributed by atoms with E-state index in [1.165, 1.54) is 30.2 Å². The molecule has 1 atom stereocenters. The molecule has 116 valence electrons. The van der Waals surface area contributed by atoms with E-state index in [9.17, 15) is 4.79 Å². The average molecular weight is 316 g/mol. The maximum Gasteiger partial charge on any atom is 0.233 e. The Kier molecular flexibility index (Phi) is 4.77. The molecule has 1 aromatic carbocycles. The summed E-state index contributed by atoms with van der Waals surface area (Å²) >= 11 is 1.40. The van der Waals surface area contributed by atoms with Gasteiger partial charge in [-0.05, 0) is 31.7 Å². The molecule has 0 radical (unpaired) electrons. The molecule has 5 nitrogen and oxygen atoms in total. The molecule has 3 rings (SSSR count). The second kappa shape index (κ2) is 6.96. The molecule has 0 bridgehead atoms. The fraction of sp³-hybridized carbons (Fsp3) is 0.438. The lowest BCUT2D eigenvalue weighted by molar-refractivity contribution is -0.120. The van der Waals surface area contributed by atoms with Crippen molar-refractivity contribution >= 4 is 17.7 Å². The number of hydrogen-bond acceptors (Lipinski definition) is 4. The second-order valence-electron chi connectivity index (χ2n) is 5.56. The predicted octanol–water partition coefficient (Wildman–Crippen LogP) is 2.52. The molecule has 1 aliphatic carbocycles. The molecule has 1 unspecified atom stereocenters. The molecule has 0 spiro atoms. The minimum atomic E-state index is -0.196. The third-order valence-electron chi connectivity index (χ3n) is 3.65. The van der Waals surface area contributed by atoms with Gasteiger partial charge in [0.15, 0.2) is 0 Å².